The van der Waals surface area contributed by atoms with E-state index in [4.69, 9.17) is 0 Å². The second kappa shape index (κ2) is 7.25. The Morgan fingerprint density at radius 1 is 0.800 bits per heavy atom. The summed E-state index contributed by atoms with van der Waals surface area (Å²) in [6.45, 7) is 6.77. The van der Waals surface area contributed by atoms with Gasteiger partial charge in [-0.2, -0.15) is 0 Å². The molecule has 1 nitrogen and oxygen atoms in total. The van der Waals surface area contributed by atoms with Crippen molar-refractivity contribution in [3.05, 3.63) is 71.8 Å². The highest BCUT2D eigenvalue weighted by atomic mass is 14.9. The van der Waals surface area contributed by atoms with Gasteiger partial charge in [-0.1, -0.05) is 67.6 Å². The summed E-state index contributed by atoms with van der Waals surface area (Å²) in [5, 5.41) is 3.73. The van der Waals surface area contributed by atoms with E-state index in [1.54, 1.807) is 0 Å². The third kappa shape index (κ3) is 3.71. The van der Waals surface area contributed by atoms with Crippen molar-refractivity contribution in [1.29, 1.82) is 0 Å². The van der Waals surface area contributed by atoms with E-state index < -0.39 is 0 Å². The van der Waals surface area contributed by atoms with E-state index in [1.165, 1.54) is 11.1 Å². The number of hydrogen-bond acceptors (Lipinski definition) is 1. The third-order valence-corrected chi connectivity index (χ3v) is 3.98. The lowest BCUT2D eigenvalue weighted by Crippen LogP contribution is -2.38. The molecule has 20 heavy (non-hydrogen) atoms. The van der Waals surface area contributed by atoms with Gasteiger partial charge in [0.2, 0.25) is 0 Å². The lowest BCUT2D eigenvalue weighted by molar-refractivity contribution is 0.428. The van der Waals surface area contributed by atoms with Crippen LogP contribution in [0.15, 0.2) is 60.7 Å². The lowest BCUT2D eigenvalue weighted by Gasteiger charge is -2.28. The topological polar surface area (TPSA) is 12.0 Å². The summed E-state index contributed by atoms with van der Waals surface area (Å²) < 4.78 is 0. The minimum Gasteiger partial charge on any atom is -0.311 e. The Bertz CT molecular complexity index is 452. The summed E-state index contributed by atoms with van der Waals surface area (Å²) in [6, 6.07) is 22.5. The van der Waals surface area contributed by atoms with E-state index in [0.29, 0.717) is 18.0 Å². The largest absolute Gasteiger partial charge is 0.311 e. The van der Waals surface area contributed by atoms with E-state index >= 15 is 0 Å². The van der Waals surface area contributed by atoms with Gasteiger partial charge in [-0.25, -0.2) is 0 Å². The van der Waals surface area contributed by atoms with Crippen molar-refractivity contribution in [3.63, 3.8) is 0 Å². The predicted molar refractivity (Wildman–Crippen MR) is 87.1 cm³/mol. The lowest BCUT2D eigenvalue weighted by atomic mass is 9.85. The van der Waals surface area contributed by atoms with Gasteiger partial charge in [-0.15, -0.1) is 0 Å². The molecule has 0 bridgehead atoms. The van der Waals surface area contributed by atoms with E-state index in [9.17, 15) is 0 Å². The van der Waals surface area contributed by atoms with Crippen LogP contribution in [0.5, 0.6) is 0 Å². The average Bonchev–Trinajstić information content (AvgIpc) is 2.49. The Morgan fingerprint density at radius 3 is 1.65 bits per heavy atom. The molecule has 2 aromatic carbocycles. The van der Waals surface area contributed by atoms with Gasteiger partial charge >= 0.3 is 0 Å². The van der Waals surface area contributed by atoms with Crippen molar-refractivity contribution in [2.75, 3.05) is 0 Å². The monoisotopic (exact) mass is 267 g/mol. The molecule has 0 aromatic heterocycles. The van der Waals surface area contributed by atoms with Crippen LogP contribution in [0.2, 0.25) is 0 Å². The summed E-state index contributed by atoms with van der Waals surface area (Å²) >= 11 is 0. The average molecular weight is 267 g/mol. The van der Waals surface area contributed by atoms with Crippen LogP contribution < -0.4 is 5.32 Å². The molecule has 2 aromatic rings. The first-order valence-electron chi connectivity index (χ1n) is 7.58. The standard InChI is InChI=1S/C19H25N/c1-4-15(2)20-16(3)19(17-11-7-5-8-12-17)18-13-9-6-10-14-18/h5-16,19-20H,4H2,1-3H3. The first kappa shape index (κ1) is 14.8. The maximum absolute atomic E-state index is 3.73. The Kier molecular flexibility index (Phi) is 5.37. The van der Waals surface area contributed by atoms with Crippen molar-refractivity contribution < 1.29 is 0 Å². The van der Waals surface area contributed by atoms with Crippen LogP contribution in [0, 0.1) is 0 Å². The fraction of sp³-hybridized carbons (Fsp3) is 0.368. The molecular formula is C19H25N. The van der Waals surface area contributed by atoms with Crippen LogP contribution in [-0.4, -0.2) is 12.1 Å². The quantitative estimate of drug-likeness (QED) is 0.807. The predicted octanol–water partition coefficient (Wildman–Crippen LogP) is 4.60. The number of rotatable bonds is 6. The molecule has 1 heteroatoms. The number of benzene rings is 2. The molecule has 2 atom stereocenters. The highest BCUT2D eigenvalue weighted by Gasteiger charge is 2.21. The molecule has 0 saturated carbocycles. The summed E-state index contributed by atoms with van der Waals surface area (Å²) in [6.07, 6.45) is 1.15. The minimum absolute atomic E-state index is 0.395. The first-order valence-corrected chi connectivity index (χ1v) is 7.58. The highest BCUT2D eigenvalue weighted by molar-refractivity contribution is 5.34. The summed E-state index contributed by atoms with van der Waals surface area (Å²) in [5.74, 6) is 0.395. The molecule has 2 rings (SSSR count). The number of hydrogen-bond donors (Lipinski definition) is 1. The third-order valence-electron chi connectivity index (χ3n) is 3.98. The van der Waals surface area contributed by atoms with Crippen LogP contribution in [-0.2, 0) is 0 Å². The molecule has 0 spiro atoms. The van der Waals surface area contributed by atoms with Gasteiger partial charge in [-0.3, -0.25) is 0 Å². The molecule has 0 aliphatic heterocycles. The van der Waals surface area contributed by atoms with Gasteiger partial charge in [0.25, 0.3) is 0 Å². The minimum atomic E-state index is 0.395. The molecule has 1 N–H and O–H groups in total. The van der Waals surface area contributed by atoms with Gasteiger partial charge in [0.05, 0.1) is 0 Å². The van der Waals surface area contributed by atoms with Gasteiger partial charge in [0, 0.05) is 18.0 Å². The van der Waals surface area contributed by atoms with Crippen molar-refractivity contribution in [2.45, 2.75) is 45.2 Å². The maximum Gasteiger partial charge on any atom is 0.0240 e. The summed E-state index contributed by atoms with van der Waals surface area (Å²) in [7, 11) is 0. The van der Waals surface area contributed by atoms with E-state index in [1.807, 2.05) is 0 Å². The van der Waals surface area contributed by atoms with Gasteiger partial charge in [0.1, 0.15) is 0 Å². The second-order valence-electron chi connectivity index (χ2n) is 5.56. The normalized spacial score (nSPS) is 14.2. The van der Waals surface area contributed by atoms with Crippen molar-refractivity contribution in [1.82, 2.24) is 5.32 Å². The Balaban J connectivity index is 2.30. The Labute approximate surface area is 123 Å². The molecule has 0 aliphatic rings. The Morgan fingerprint density at radius 2 is 1.25 bits per heavy atom. The number of nitrogens with one attached hydrogen (secondary N) is 1. The SMILES string of the molecule is CCC(C)NC(C)C(c1ccccc1)c1ccccc1. The zero-order chi connectivity index (χ0) is 14.4. The summed E-state index contributed by atoms with van der Waals surface area (Å²) in [4.78, 5) is 0. The molecule has 0 saturated heterocycles. The highest BCUT2D eigenvalue weighted by Crippen LogP contribution is 2.28. The van der Waals surface area contributed by atoms with Crippen molar-refractivity contribution in [3.8, 4) is 0 Å². The Hall–Kier alpha value is -1.60. The fourth-order valence-electron chi connectivity index (χ4n) is 2.75. The first-order chi connectivity index (χ1) is 9.72. The molecule has 0 heterocycles. The van der Waals surface area contributed by atoms with Gasteiger partial charge in [-0.05, 0) is 31.4 Å². The van der Waals surface area contributed by atoms with Crippen molar-refractivity contribution in [2.24, 2.45) is 0 Å². The van der Waals surface area contributed by atoms with Crippen LogP contribution in [0.3, 0.4) is 0 Å². The van der Waals surface area contributed by atoms with Crippen LogP contribution >= 0.6 is 0 Å². The zero-order valence-electron chi connectivity index (χ0n) is 12.7. The van der Waals surface area contributed by atoms with Gasteiger partial charge < -0.3 is 5.32 Å². The van der Waals surface area contributed by atoms with E-state index in [-0.39, 0.29) is 0 Å². The molecule has 0 aliphatic carbocycles. The molecule has 106 valence electrons. The molecule has 2 unspecified atom stereocenters. The second-order valence-corrected chi connectivity index (χ2v) is 5.56. The van der Waals surface area contributed by atoms with Crippen LogP contribution in [0.4, 0.5) is 0 Å². The van der Waals surface area contributed by atoms with Crippen molar-refractivity contribution >= 4 is 0 Å². The molecular weight excluding hydrogens is 242 g/mol. The maximum atomic E-state index is 3.73. The molecule has 0 radical (unpaired) electrons. The molecule has 0 amide bonds. The van der Waals surface area contributed by atoms with Gasteiger partial charge in [0.15, 0.2) is 0 Å². The van der Waals surface area contributed by atoms with E-state index in [2.05, 4.69) is 86.8 Å². The zero-order valence-corrected chi connectivity index (χ0v) is 12.7. The van der Waals surface area contributed by atoms with E-state index in [0.717, 1.165) is 6.42 Å². The molecule has 0 fully saturated rings. The van der Waals surface area contributed by atoms with Crippen LogP contribution in [0.1, 0.15) is 44.2 Å². The smallest absolute Gasteiger partial charge is 0.0240 e. The fourth-order valence-corrected chi connectivity index (χ4v) is 2.75. The summed E-state index contributed by atoms with van der Waals surface area (Å²) in [5.41, 5.74) is 2.75. The van der Waals surface area contributed by atoms with Crippen LogP contribution in [0.25, 0.3) is 0 Å².